The van der Waals surface area contributed by atoms with E-state index in [0.29, 0.717) is 11.6 Å². The molecule has 150 valence electrons. The van der Waals surface area contributed by atoms with E-state index in [9.17, 15) is 22.4 Å². The van der Waals surface area contributed by atoms with Gasteiger partial charge in [0.15, 0.2) is 11.5 Å². The highest BCUT2D eigenvalue weighted by atomic mass is 19.3. The molecule has 0 aliphatic heterocycles. The molecule has 1 aliphatic rings. The number of rotatable bonds is 7. The van der Waals surface area contributed by atoms with Gasteiger partial charge in [0, 0.05) is 24.3 Å². The maximum atomic E-state index is 13.3. The molecule has 3 rings (SSSR count). The predicted octanol–water partition coefficient (Wildman–Crippen LogP) is 4.77. The van der Waals surface area contributed by atoms with Crippen LogP contribution in [0.3, 0.4) is 0 Å². The first-order valence-electron chi connectivity index (χ1n) is 8.51. The summed E-state index contributed by atoms with van der Waals surface area (Å²) in [7, 11) is 1.32. The molecule has 2 aromatic rings. The molecule has 5 nitrogen and oxygen atoms in total. The lowest BCUT2D eigenvalue weighted by Gasteiger charge is -2.23. The molecule has 0 bridgehead atoms. The van der Waals surface area contributed by atoms with E-state index < -0.39 is 24.3 Å². The van der Waals surface area contributed by atoms with Gasteiger partial charge in [-0.25, -0.2) is 13.6 Å². The fourth-order valence-electron chi connectivity index (χ4n) is 2.77. The van der Waals surface area contributed by atoms with Gasteiger partial charge < -0.3 is 19.7 Å². The molecule has 1 fully saturated rings. The number of nitrogens with one attached hydrogen (secondary N) is 1. The summed E-state index contributed by atoms with van der Waals surface area (Å²) in [5.41, 5.74) is 0.636. The van der Waals surface area contributed by atoms with Crippen LogP contribution in [0.4, 0.5) is 28.0 Å². The summed E-state index contributed by atoms with van der Waals surface area (Å²) in [5, 5.41) is 2.48. The number of nitrogens with zero attached hydrogens (tertiary/aromatic N) is 1. The Labute approximate surface area is 158 Å². The molecule has 0 atom stereocenters. The Morgan fingerprint density at radius 3 is 2.39 bits per heavy atom. The van der Waals surface area contributed by atoms with Crippen molar-refractivity contribution in [1.29, 1.82) is 0 Å². The lowest BCUT2D eigenvalue weighted by atomic mass is 10.2. The van der Waals surface area contributed by atoms with Gasteiger partial charge in [0.25, 0.3) is 0 Å². The third-order valence-electron chi connectivity index (χ3n) is 4.16. The SMILES string of the molecule is COc1cc(CN(C(=O)Nc2cc(F)cc(F)c2)C2CC2)ccc1OC(F)F. The first kappa shape index (κ1) is 19.8. The van der Waals surface area contributed by atoms with Crippen molar-refractivity contribution in [3.8, 4) is 11.5 Å². The van der Waals surface area contributed by atoms with E-state index in [1.54, 1.807) is 6.07 Å². The number of urea groups is 1. The second-order valence-corrected chi connectivity index (χ2v) is 6.31. The quantitative estimate of drug-likeness (QED) is 0.684. The number of methoxy groups -OCH3 is 1. The summed E-state index contributed by atoms with van der Waals surface area (Å²) in [5.74, 6) is -1.60. The van der Waals surface area contributed by atoms with Crippen molar-refractivity contribution in [1.82, 2.24) is 4.90 Å². The number of hydrogen-bond acceptors (Lipinski definition) is 3. The van der Waals surface area contributed by atoms with Gasteiger partial charge in [-0.3, -0.25) is 0 Å². The van der Waals surface area contributed by atoms with Crippen LogP contribution < -0.4 is 14.8 Å². The number of hydrogen-bond donors (Lipinski definition) is 1. The fourth-order valence-corrected chi connectivity index (χ4v) is 2.77. The zero-order valence-corrected chi connectivity index (χ0v) is 14.9. The Morgan fingerprint density at radius 1 is 1.14 bits per heavy atom. The molecule has 0 radical (unpaired) electrons. The smallest absolute Gasteiger partial charge is 0.387 e. The molecule has 9 heteroatoms. The minimum Gasteiger partial charge on any atom is -0.493 e. The lowest BCUT2D eigenvalue weighted by Crippen LogP contribution is -2.36. The van der Waals surface area contributed by atoms with Crippen LogP contribution in [-0.4, -0.2) is 30.7 Å². The summed E-state index contributed by atoms with van der Waals surface area (Å²) >= 11 is 0. The van der Waals surface area contributed by atoms with Crippen molar-refractivity contribution in [2.45, 2.75) is 32.0 Å². The largest absolute Gasteiger partial charge is 0.493 e. The molecule has 28 heavy (non-hydrogen) atoms. The number of amides is 2. The Bertz CT molecular complexity index is 839. The van der Waals surface area contributed by atoms with Gasteiger partial charge in [-0.05, 0) is 42.7 Å². The third-order valence-corrected chi connectivity index (χ3v) is 4.16. The lowest BCUT2D eigenvalue weighted by molar-refractivity contribution is -0.0512. The van der Waals surface area contributed by atoms with Gasteiger partial charge >= 0.3 is 12.6 Å². The van der Waals surface area contributed by atoms with E-state index >= 15 is 0 Å². The van der Waals surface area contributed by atoms with Crippen LogP contribution >= 0.6 is 0 Å². The maximum absolute atomic E-state index is 13.3. The van der Waals surface area contributed by atoms with Crippen molar-refractivity contribution >= 4 is 11.7 Å². The average molecular weight is 398 g/mol. The Hall–Kier alpha value is -2.97. The van der Waals surface area contributed by atoms with Crippen molar-refractivity contribution in [3.63, 3.8) is 0 Å². The molecule has 0 unspecified atom stereocenters. The van der Waals surface area contributed by atoms with E-state index in [4.69, 9.17) is 4.74 Å². The van der Waals surface area contributed by atoms with Crippen molar-refractivity contribution in [2.24, 2.45) is 0 Å². The van der Waals surface area contributed by atoms with Gasteiger partial charge in [-0.2, -0.15) is 8.78 Å². The van der Waals surface area contributed by atoms with Gasteiger partial charge in [-0.15, -0.1) is 0 Å². The summed E-state index contributed by atoms with van der Waals surface area (Å²) < 4.78 is 61.0. The molecule has 2 aromatic carbocycles. The van der Waals surface area contributed by atoms with Crippen LogP contribution in [0.15, 0.2) is 36.4 Å². The highest BCUT2D eigenvalue weighted by molar-refractivity contribution is 5.89. The third kappa shape index (κ3) is 5.05. The molecular formula is C19H18F4N2O3. The highest BCUT2D eigenvalue weighted by Crippen LogP contribution is 2.33. The Morgan fingerprint density at radius 2 is 1.82 bits per heavy atom. The number of benzene rings is 2. The number of carbonyl (C=O) groups is 1. The monoisotopic (exact) mass is 398 g/mol. The number of ether oxygens (including phenoxy) is 2. The van der Waals surface area contributed by atoms with Crippen LogP contribution in [0, 0.1) is 11.6 Å². The van der Waals surface area contributed by atoms with E-state index in [0.717, 1.165) is 25.0 Å². The molecule has 1 saturated carbocycles. The second-order valence-electron chi connectivity index (χ2n) is 6.31. The molecule has 1 N–H and O–H groups in total. The summed E-state index contributed by atoms with van der Waals surface area (Å²) in [4.78, 5) is 14.1. The molecule has 1 aliphatic carbocycles. The standard InChI is InChI=1S/C19H18F4N2O3/c1-27-17-6-11(2-5-16(17)28-18(22)23)10-25(15-3-4-15)19(26)24-14-8-12(20)7-13(21)9-14/h2,5-9,15,18H,3-4,10H2,1H3,(H,24,26). The maximum Gasteiger partial charge on any atom is 0.387 e. The minimum absolute atomic E-state index is 0.00594. The zero-order valence-electron chi connectivity index (χ0n) is 14.9. The van der Waals surface area contributed by atoms with Crippen LogP contribution in [0.5, 0.6) is 11.5 Å². The van der Waals surface area contributed by atoms with E-state index in [-0.39, 0.29) is 29.8 Å². The number of carbonyl (C=O) groups excluding carboxylic acids is 1. The van der Waals surface area contributed by atoms with Gasteiger partial charge in [-0.1, -0.05) is 6.07 Å². The fraction of sp³-hybridized carbons (Fsp3) is 0.316. The first-order chi connectivity index (χ1) is 13.4. The molecular weight excluding hydrogens is 380 g/mol. The van der Waals surface area contributed by atoms with Crippen molar-refractivity contribution < 1.29 is 31.8 Å². The highest BCUT2D eigenvalue weighted by Gasteiger charge is 2.33. The van der Waals surface area contributed by atoms with Crippen LogP contribution in [0.1, 0.15) is 18.4 Å². The van der Waals surface area contributed by atoms with E-state index in [1.807, 2.05) is 0 Å². The summed E-state index contributed by atoms with van der Waals surface area (Å²) in [6.07, 6.45) is 1.60. The van der Waals surface area contributed by atoms with Crippen LogP contribution in [0.2, 0.25) is 0 Å². The minimum atomic E-state index is -2.99. The Balaban J connectivity index is 1.75. The van der Waals surface area contributed by atoms with Crippen molar-refractivity contribution in [2.75, 3.05) is 12.4 Å². The normalized spacial score (nSPS) is 13.4. The van der Waals surface area contributed by atoms with Gasteiger partial charge in [0.2, 0.25) is 0 Å². The summed E-state index contributed by atoms with van der Waals surface area (Å²) in [6, 6.07) is 6.61. The van der Waals surface area contributed by atoms with E-state index in [1.165, 1.54) is 24.1 Å². The molecule has 0 aromatic heterocycles. The predicted molar refractivity (Wildman–Crippen MR) is 93.6 cm³/mol. The second kappa shape index (κ2) is 8.37. The zero-order chi connectivity index (χ0) is 20.3. The molecule has 0 saturated heterocycles. The van der Waals surface area contributed by atoms with Crippen LogP contribution in [0.25, 0.3) is 0 Å². The Kier molecular flexibility index (Phi) is 5.91. The molecule has 2 amide bonds. The number of anilines is 1. The number of alkyl halides is 2. The average Bonchev–Trinajstić information content (AvgIpc) is 3.44. The van der Waals surface area contributed by atoms with Gasteiger partial charge in [0.1, 0.15) is 11.6 Å². The topological polar surface area (TPSA) is 50.8 Å². The molecule has 0 spiro atoms. The first-order valence-corrected chi connectivity index (χ1v) is 8.51. The van der Waals surface area contributed by atoms with E-state index in [2.05, 4.69) is 10.1 Å². The van der Waals surface area contributed by atoms with Crippen molar-refractivity contribution in [3.05, 3.63) is 53.6 Å². The molecule has 0 heterocycles. The van der Waals surface area contributed by atoms with Crippen LogP contribution in [-0.2, 0) is 6.54 Å². The van der Waals surface area contributed by atoms with Gasteiger partial charge in [0.05, 0.1) is 7.11 Å². The summed E-state index contributed by atoms with van der Waals surface area (Å²) in [6.45, 7) is -2.82. The number of halogens is 4.